The van der Waals surface area contributed by atoms with Gasteiger partial charge in [-0.1, -0.05) is 5.16 Å². The van der Waals surface area contributed by atoms with Crippen LogP contribution in [0.1, 0.15) is 20.8 Å². The average Bonchev–Trinajstić information content (AvgIpc) is 2.71. The van der Waals surface area contributed by atoms with Crippen LogP contribution >= 0.6 is 0 Å². The number of nitrogens with one attached hydrogen (secondary N) is 1. The molecule has 2 fully saturated rings. The molecular weight excluding hydrogens is 178 g/mol. The van der Waals surface area contributed by atoms with E-state index in [0.717, 1.165) is 25.3 Å². The first-order valence-electron chi connectivity index (χ1n) is 5.08. The Morgan fingerprint density at radius 2 is 2.14 bits per heavy atom. The number of nitrogens with zero attached hydrogens (tertiary/aromatic N) is 2. The summed E-state index contributed by atoms with van der Waals surface area (Å²) in [6.45, 7) is 9.72. The molecule has 1 atom stereocenters. The lowest BCUT2D eigenvalue weighted by Crippen LogP contribution is -2.40. The lowest BCUT2D eigenvalue weighted by Gasteiger charge is -2.30. The summed E-state index contributed by atoms with van der Waals surface area (Å²) in [6.07, 6.45) is 0. The van der Waals surface area contributed by atoms with Gasteiger partial charge in [-0.2, -0.15) is 0 Å². The number of hydrogen-bond donors (Lipinski definition) is 1. The van der Waals surface area contributed by atoms with Crippen LogP contribution in [0.5, 0.6) is 0 Å². The minimum atomic E-state index is 0.142. The van der Waals surface area contributed by atoms with Crippen LogP contribution in [0.2, 0.25) is 0 Å². The molecule has 0 aliphatic carbocycles. The third-order valence-electron chi connectivity index (χ3n) is 3.11. The number of likely N-dealkylation sites (tertiary alicyclic amines) is 1. The molecule has 80 valence electrons. The van der Waals surface area contributed by atoms with Gasteiger partial charge in [-0.25, -0.2) is 0 Å². The summed E-state index contributed by atoms with van der Waals surface area (Å²) < 4.78 is 0. The summed E-state index contributed by atoms with van der Waals surface area (Å²) in [5, 5.41) is 7.51. The smallest absolute Gasteiger partial charge is 0.106 e. The van der Waals surface area contributed by atoms with Crippen molar-refractivity contribution >= 4 is 5.71 Å². The molecule has 2 rings (SSSR count). The van der Waals surface area contributed by atoms with E-state index < -0.39 is 0 Å². The Labute approximate surface area is 85.3 Å². The van der Waals surface area contributed by atoms with E-state index in [-0.39, 0.29) is 11.1 Å². The Hall–Kier alpha value is -0.610. The van der Waals surface area contributed by atoms with Crippen molar-refractivity contribution in [1.82, 2.24) is 10.2 Å². The zero-order chi connectivity index (χ0) is 10.4. The highest BCUT2D eigenvalue weighted by atomic mass is 16.6. The first-order valence-corrected chi connectivity index (χ1v) is 5.08. The number of oxime groups is 1. The van der Waals surface area contributed by atoms with Gasteiger partial charge in [0.2, 0.25) is 0 Å². The lowest BCUT2D eigenvalue weighted by atomic mass is 10.1. The van der Waals surface area contributed by atoms with E-state index >= 15 is 0 Å². The Bertz CT molecular complexity index is 263. The first kappa shape index (κ1) is 9.93. The Morgan fingerprint density at radius 1 is 1.50 bits per heavy atom. The second-order valence-corrected chi connectivity index (χ2v) is 5.18. The Kier molecular flexibility index (Phi) is 2.08. The van der Waals surface area contributed by atoms with E-state index in [1.165, 1.54) is 0 Å². The molecule has 2 saturated heterocycles. The fourth-order valence-electron chi connectivity index (χ4n) is 1.93. The van der Waals surface area contributed by atoms with E-state index in [2.05, 4.69) is 36.1 Å². The Balaban J connectivity index is 2.14. The molecular formula is C10H19N3O. The quantitative estimate of drug-likeness (QED) is 0.490. The van der Waals surface area contributed by atoms with E-state index in [1.54, 1.807) is 7.11 Å². The van der Waals surface area contributed by atoms with Crippen molar-refractivity contribution in [2.24, 2.45) is 5.16 Å². The van der Waals surface area contributed by atoms with Gasteiger partial charge in [-0.15, -0.1) is 0 Å². The molecule has 1 N–H and O–H groups in total. The predicted molar refractivity (Wildman–Crippen MR) is 56.5 cm³/mol. The molecule has 0 aromatic heterocycles. The normalized spacial score (nSPS) is 35.6. The van der Waals surface area contributed by atoms with Gasteiger partial charge in [0.05, 0.1) is 11.3 Å². The molecule has 0 aromatic rings. The maximum atomic E-state index is 4.88. The van der Waals surface area contributed by atoms with Crippen molar-refractivity contribution < 1.29 is 4.84 Å². The summed E-state index contributed by atoms with van der Waals surface area (Å²) in [5.74, 6) is 0. The van der Waals surface area contributed by atoms with Gasteiger partial charge in [-0.3, -0.25) is 4.90 Å². The highest BCUT2D eigenvalue weighted by molar-refractivity contribution is 6.00. The van der Waals surface area contributed by atoms with Crippen molar-refractivity contribution in [3.05, 3.63) is 0 Å². The third-order valence-corrected chi connectivity index (χ3v) is 3.11. The van der Waals surface area contributed by atoms with Gasteiger partial charge in [0.25, 0.3) is 0 Å². The van der Waals surface area contributed by atoms with Crippen LogP contribution in [0.4, 0.5) is 0 Å². The first-order chi connectivity index (χ1) is 6.48. The van der Waals surface area contributed by atoms with Gasteiger partial charge >= 0.3 is 0 Å². The van der Waals surface area contributed by atoms with Crippen LogP contribution in [0.3, 0.4) is 0 Å². The summed E-state index contributed by atoms with van der Waals surface area (Å²) in [4.78, 5) is 7.32. The third kappa shape index (κ3) is 1.53. The van der Waals surface area contributed by atoms with E-state index in [1.807, 2.05) is 0 Å². The summed E-state index contributed by atoms with van der Waals surface area (Å²) in [6, 6.07) is 0. The van der Waals surface area contributed by atoms with Crippen LogP contribution < -0.4 is 5.32 Å². The van der Waals surface area contributed by atoms with Crippen molar-refractivity contribution in [1.29, 1.82) is 0 Å². The molecule has 0 bridgehead atoms. The molecule has 14 heavy (non-hydrogen) atoms. The van der Waals surface area contributed by atoms with Crippen molar-refractivity contribution in [2.75, 3.05) is 26.7 Å². The highest BCUT2D eigenvalue weighted by Crippen LogP contribution is 2.31. The molecule has 2 aliphatic rings. The second kappa shape index (κ2) is 2.94. The van der Waals surface area contributed by atoms with Crippen LogP contribution in [0.25, 0.3) is 0 Å². The van der Waals surface area contributed by atoms with E-state index in [9.17, 15) is 0 Å². The summed E-state index contributed by atoms with van der Waals surface area (Å²) >= 11 is 0. The van der Waals surface area contributed by atoms with E-state index in [4.69, 9.17) is 4.84 Å². The standard InChI is InChI=1S/C10H19N3O/c1-9(2,3)13-5-8(12-14-4)10(7-13)6-11-10/h11H,5-7H2,1-4H3/b12-8+. The predicted octanol–water partition coefficient (Wildman–Crippen LogP) is 0.445. The minimum absolute atomic E-state index is 0.142. The van der Waals surface area contributed by atoms with Crippen LogP contribution in [-0.2, 0) is 4.84 Å². The van der Waals surface area contributed by atoms with Gasteiger partial charge in [0, 0.05) is 25.2 Å². The van der Waals surface area contributed by atoms with Crippen LogP contribution in [0, 0.1) is 0 Å². The monoisotopic (exact) mass is 197 g/mol. The zero-order valence-corrected chi connectivity index (χ0v) is 9.42. The molecule has 2 aliphatic heterocycles. The second-order valence-electron chi connectivity index (χ2n) is 5.18. The summed E-state index contributed by atoms with van der Waals surface area (Å²) in [7, 11) is 1.61. The lowest BCUT2D eigenvalue weighted by molar-refractivity contribution is 0.174. The minimum Gasteiger partial charge on any atom is -0.399 e. The Morgan fingerprint density at radius 3 is 2.57 bits per heavy atom. The highest BCUT2D eigenvalue weighted by Gasteiger charge is 2.55. The zero-order valence-electron chi connectivity index (χ0n) is 9.42. The topological polar surface area (TPSA) is 46.8 Å². The maximum Gasteiger partial charge on any atom is 0.106 e. The van der Waals surface area contributed by atoms with Crippen molar-refractivity contribution in [3.63, 3.8) is 0 Å². The van der Waals surface area contributed by atoms with Gasteiger partial charge < -0.3 is 10.2 Å². The maximum absolute atomic E-state index is 4.88. The molecule has 2 heterocycles. The fraction of sp³-hybridized carbons (Fsp3) is 0.900. The molecule has 4 heteroatoms. The largest absolute Gasteiger partial charge is 0.399 e. The molecule has 0 saturated carbocycles. The van der Waals surface area contributed by atoms with Gasteiger partial charge in [-0.05, 0) is 20.8 Å². The SMILES string of the molecule is CO/N=C1\CN(C(C)(C)C)CC12CN2. The average molecular weight is 197 g/mol. The van der Waals surface area contributed by atoms with Gasteiger partial charge in [0.1, 0.15) is 7.11 Å². The number of rotatable bonds is 1. The van der Waals surface area contributed by atoms with Crippen LogP contribution in [-0.4, -0.2) is 48.4 Å². The summed E-state index contributed by atoms with van der Waals surface area (Å²) in [5.41, 5.74) is 1.50. The van der Waals surface area contributed by atoms with Gasteiger partial charge in [0.15, 0.2) is 0 Å². The molecule has 4 nitrogen and oxygen atoms in total. The number of hydrogen-bond acceptors (Lipinski definition) is 4. The van der Waals surface area contributed by atoms with Crippen molar-refractivity contribution in [2.45, 2.75) is 31.8 Å². The van der Waals surface area contributed by atoms with Crippen molar-refractivity contribution in [3.8, 4) is 0 Å². The molecule has 1 unspecified atom stereocenters. The molecule has 1 spiro atoms. The molecule has 0 radical (unpaired) electrons. The molecule has 0 aromatic carbocycles. The van der Waals surface area contributed by atoms with E-state index in [0.29, 0.717) is 0 Å². The van der Waals surface area contributed by atoms with Crippen LogP contribution in [0.15, 0.2) is 5.16 Å². The fourth-order valence-corrected chi connectivity index (χ4v) is 1.93. The molecule has 0 amide bonds.